The van der Waals surface area contributed by atoms with Crippen LogP contribution in [0.5, 0.6) is 0 Å². The second kappa shape index (κ2) is 7.62. The molecule has 0 atom stereocenters. The molecule has 1 saturated carbocycles. The van der Waals surface area contributed by atoms with E-state index in [-0.39, 0.29) is 0 Å². The fourth-order valence-corrected chi connectivity index (χ4v) is 2.80. The lowest BCUT2D eigenvalue weighted by Gasteiger charge is -2.35. The number of nitrogens with zero attached hydrogens (tertiary/aromatic N) is 4. The zero-order chi connectivity index (χ0) is 16.9. The molecule has 1 aliphatic carbocycles. The van der Waals surface area contributed by atoms with Crippen LogP contribution in [-0.2, 0) is 13.6 Å². The smallest absolute Gasteiger partial charge is 0.192 e. The summed E-state index contributed by atoms with van der Waals surface area (Å²) in [5.74, 6) is 2.60. The van der Waals surface area contributed by atoms with Crippen LogP contribution in [0.3, 0.4) is 0 Å². The molecule has 0 unspecified atom stereocenters. The Labute approximate surface area is 139 Å². The molecule has 6 nitrogen and oxygen atoms in total. The Morgan fingerprint density at radius 3 is 2.65 bits per heavy atom. The molecule has 128 valence electrons. The Morgan fingerprint density at radius 2 is 2.09 bits per heavy atom. The number of rotatable bonds is 5. The molecular formula is C17H30N6. The van der Waals surface area contributed by atoms with Crippen molar-refractivity contribution >= 4 is 5.96 Å². The van der Waals surface area contributed by atoms with Crippen LogP contribution >= 0.6 is 0 Å². The third-order valence-electron chi connectivity index (χ3n) is 4.66. The van der Waals surface area contributed by atoms with E-state index in [4.69, 9.17) is 0 Å². The van der Waals surface area contributed by atoms with Crippen LogP contribution in [0.2, 0.25) is 0 Å². The van der Waals surface area contributed by atoms with E-state index in [0.717, 1.165) is 17.6 Å². The summed E-state index contributed by atoms with van der Waals surface area (Å²) in [4.78, 5) is 4.66. The van der Waals surface area contributed by atoms with Crippen molar-refractivity contribution in [3.8, 4) is 0 Å². The lowest BCUT2D eigenvalue weighted by atomic mass is 9.75. The molecule has 2 N–H and O–H groups in total. The molecule has 0 aromatic carbocycles. The van der Waals surface area contributed by atoms with Crippen LogP contribution in [0, 0.1) is 12.3 Å². The third kappa shape index (κ3) is 5.08. The van der Waals surface area contributed by atoms with E-state index in [2.05, 4.69) is 46.2 Å². The van der Waals surface area contributed by atoms with Gasteiger partial charge in [-0.05, 0) is 38.0 Å². The first-order chi connectivity index (χ1) is 10.9. The van der Waals surface area contributed by atoms with Crippen LogP contribution in [0.1, 0.15) is 51.2 Å². The lowest BCUT2D eigenvalue weighted by Crippen LogP contribution is -2.45. The Balaban J connectivity index is 1.97. The maximum absolute atomic E-state index is 4.66. The van der Waals surface area contributed by atoms with Gasteiger partial charge in [-0.25, -0.2) is 4.99 Å². The number of hydrogen-bond acceptors (Lipinski definition) is 3. The van der Waals surface area contributed by atoms with Crippen molar-refractivity contribution in [3.05, 3.63) is 24.3 Å². The predicted octanol–water partition coefficient (Wildman–Crippen LogP) is 2.31. The predicted molar refractivity (Wildman–Crippen MR) is 94.3 cm³/mol. The number of aromatic nitrogens is 3. The molecular weight excluding hydrogens is 288 g/mol. The van der Waals surface area contributed by atoms with Crippen molar-refractivity contribution in [2.45, 2.75) is 59.0 Å². The van der Waals surface area contributed by atoms with Crippen LogP contribution < -0.4 is 10.6 Å². The van der Waals surface area contributed by atoms with Gasteiger partial charge in [-0.1, -0.05) is 19.9 Å². The maximum atomic E-state index is 4.66. The fraction of sp³-hybridized carbons (Fsp3) is 0.706. The van der Waals surface area contributed by atoms with E-state index >= 15 is 0 Å². The van der Waals surface area contributed by atoms with Gasteiger partial charge in [0.2, 0.25) is 0 Å². The van der Waals surface area contributed by atoms with Gasteiger partial charge < -0.3 is 15.2 Å². The summed E-state index contributed by atoms with van der Waals surface area (Å²) in [5, 5.41) is 15.1. The molecule has 1 aromatic rings. The second-order valence-electron chi connectivity index (χ2n) is 7.14. The van der Waals surface area contributed by atoms with Gasteiger partial charge in [0.1, 0.15) is 12.4 Å². The van der Waals surface area contributed by atoms with Crippen molar-refractivity contribution in [3.63, 3.8) is 0 Å². The molecule has 0 bridgehead atoms. The monoisotopic (exact) mass is 318 g/mol. The normalized spacial score (nSPS) is 18.7. The topological polar surface area (TPSA) is 67.1 Å². The zero-order valence-electron chi connectivity index (χ0n) is 14.9. The molecule has 2 rings (SSSR count). The molecule has 0 spiro atoms. The van der Waals surface area contributed by atoms with Gasteiger partial charge in [-0.2, -0.15) is 0 Å². The van der Waals surface area contributed by atoms with Gasteiger partial charge in [-0.3, -0.25) is 0 Å². The molecule has 0 amide bonds. The van der Waals surface area contributed by atoms with Crippen molar-refractivity contribution in [1.29, 1.82) is 0 Å². The van der Waals surface area contributed by atoms with Gasteiger partial charge in [-0.15, -0.1) is 16.8 Å². The van der Waals surface area contributed by atoms with E-state index in [1.807, 2.05) is 24.6 Å². The lowest BCUT2D eigenvalue weighted by molar-refractivity contribution is 0.216. The highest BCUT2D eigenvalue weighted by atomic mass is 15.3. The van der Waals surface area contributed by atoms with Crippen molar-refractivity contribution in [2.24, 2.45) is 17.5 Å². The van der Waals surface area contributed by atoms with Gasteiger partial charge >= 0.3 is 0 Å². The number of guanidine groups is 1. The van der Waals surface area contributed by atoms with Crippen molar-refractivity contribution < 1.29 is 0 Å². The standard InChI is InChI=1S/C17H30N6/c1-6-11-18-16(19-12-15-22-21-13(2)23(15)5)20-14-7-9-17(3,4)10-8-14/h6,14H,1,7-12H2,2-5H3,(H2,18,19,20). The van der Waals surface area contributed by atoms with Gasteiger partial charge in [0.05, 0.1) is 0 Å². The number of hydrogen-bond donors (Lipinski definition) is 2. The third-order valence-corrected chi connectivity index (χ3v) is 4.66. The molecule has 1 aromatic heterocycles. The highest BCUT2D eigenvalue weighted by Gasteiger charge is 2.27. The summed E-state index contributed by atoms with van der Waals surface area (Å²) >= 11 is 0. The van der Waals surface area contributed by atoms with E-state index < -0.39 is 0 Å². The van der Waals surface area contributed by atoms with Crippen LogP contribution in [-0.4, -0.2) is 33.3 Å². The SMILES string of the molecule is C=CCNC(=NCc1nnc(C)n1C)NC1CCC(C)(C)CC1. The van der Waals surface area contributed by atoms with E-state index in [1.165, 1.54) is 25.7 Å². The van der Waals surface area contributed by atoms with Crippen molar-refractivity contribution in [2.75, 3.05) is 6.54 Å². The Bertz CT molecular complexity index is 547. The summed E-state index contributed by atoms with van der Waals surface area (Å²) in [7, 11) is 1.97. The Hall–Kier alpha value is -1.85. The molecule has 23 heavy (non-hydrogen) atoms. The molecule has 1 aliphatic rings. The number of aryl methyl sites for hydroxylation is 1. The van der Waals surface area contributed by atoms with Crippen molar-refractivity contribution in [1.82, 2.24) is 25.4 Å². The minimum atomic E-state index is 0.472. The second-order valence-corrected chi connectivity index (χ2v) is 7.14. The summed E-state index contributed by atoms with van der Waals surface area (Å²) in [6.07, 6.45) is 6.72. The molecule has 0 saturated heterocycles. The summed E-state index contributed by atoms with van der Waals surface area (Å²) in [5.41, 5.74) is 0.472. The Morgan fingerprint density at radius 1 is 1.39 bits per heavy atom. The van der Waals surface area contributed by atoms with Gasteiger partial charge in [0.15, 0.2) is 11.8 Å². The quantitative estimate of drug-likeness (QED) is 0.497. The van der Waals surface area contributed by atoms with E-state index in [9.17, 15) is 0 Å². The largest absolute Gasteiger partial charge is 0.354 e. The van der Waals surface area contributed by atoms with Gasteiger partial charge in [0, 0.05) is 19.6 Å². The minimum Gasteiger partial charge on any atom is -0.354 e. The molecule has 0 aliphatic heterocycles. The van der Waals surface area contributed by atoms with Crippen LogP contribution in [0.25, 0.3) is 0 Å². The number of nitrogens with one attached hydrogen (secondary N) is 2. The summed E-state index contributed by atoms with van der Waals surface area (Å²) in [6.45, 7) is 11.6. The maximum Gasteiger partial charge on any atom is 0.192 e. The van der Waals surface area contributed by atoms with Crippen LogP contribution in [0.15, 0.2) is 17.6 Å². The molecule has 1 fully saturated rings. The average molecular weight is 318 g/mol. The molecule has 0 radical (unpaired) electrons. The summed E-state index contributed by atoms with van der Waals surface area (Å²) in [6, 6.07) is 0.486. The first kappa shape index (κ1) is 17.5. The highest BCUT2D eigenvalue weighted by molar-refractivity contribution is 5.80. The Kier molecular flexibility index (Phi) is 5.80. The zero-order valence-corrected chi connectivity index (χ0v) is 14.9. The van der Waals surface area contributed by atoms with Gasteiger partial charge in [0.25, 0.3) is 0 Å². The average Bonchev–Trinajstić information content (AvgIpc) is 2.83. The minimum absolute atomic E-state index is 0.472. The molecule has 6 heteroatoms. The van der Waals surface area contributed by atoms with E-state index in [1.54, 1.807) is 0 Å². The molecule has 1 heterocycles. The highest BCUT2D eigenvalue weighted by Crippen LogP contribution is 2.34. The first-order valence-corrected chi connectivity index (χ1v) is 8.42. The first-order valence-electron chi connectivity index (χ1n) is 8.42. The fourth-order valence-electron chi connectivity index (χ4n) is 2.80. The number of aliphatic imine (C=N–C) groups is 1. The van der Waals surface area contributed by atoms with Crippen LogP contribution in [0.4, 0.5) is 0 Å². The summed E-state index contributed by atoms with van der Waals surface area (Å²) < 4.78 is 1.97. The van der Waals surface area contributed by atoms with E-state index in [0.29, 0.717) is 24.5 Å².